The smallest absolute Gasteiger partial charge is 0.407 e. The predicted molar refractivity (Wildman–Crippen MR) is 99.0 cm³/mol. The van der Waals surface area contributed by atoms with Crippen LogP contribution in [-0.4, -0.2) is 56.2 Å². The Kier molecular flexibility index (Phi) is 5.93. The van der Waals surface area contributed by atoms with Crippen molar-refractivity contribution in [2.75, 3.05) is 38.6 Å². The Labute approximate surface area is 150 Å². The van der Waals surface area contributed by atoms with Gasteiger partial charge in [-0.2, -0.15) is 0 Å². The molecular formula is C19H29N3O3. The first-order valence-corrected chi connectivity index (χ1v) is 8.69. The van der Waals surface area contributed by atoms with Gasteiger partial charge in [0, 0.05) is 45.0 Å². The summed E-state index contributed by atoms with van der Waals surface area (Å²) in [6, 6.07) is 7.64. The van der Waals surface area contributed by atoms with Crippen molar-refractivity contribution in [2.24, 2.45) is 5.92 Å². The summed E-state index contributed by atoms with van der Waals surface area (Å²) in [6.07, 6.45) is 0.477. The number of likely N-dealkylation sites (tertiary alicyclic amines) is 1. The van der Waals surface area contributed by atoms with E-state index >= 15 is 0 Å². The van der Waals surface area contributed by atoms with Gasteiger partial charge in [0.05, 0.1) is 0 Å². The second kappa shape index (κ2) is 7.76. The quantitative estimate of drug-likeness (QED) is 0.910. The summed E-state index contributed by atoms with van der Waals surface area (Å²) in [6.45, 7) is 7.40. The number of ether oxygens (including phenoxy) is 1. The van der Waals surface area contributed by atoms with Gasteiger partial charge in [-0.15, -0.1) is 0 Å². The summed E-state index contributed by atoms with van der Waals surface area (Å²) >= 11 is 0. The summed E-state index contributed by atoms with van der Waals surface area (Å²) in [4.78, 5) is 28.3. The molecule has 0 radical (unpaired) electrons. The molecule has 25 heavy (non-hydrogen) atoms. The maximum Gasteiger partial charge on any atom is 0.407 e. The topological polar surface area (TPSA) is 61.9 Å². The zero-order valence-corrected chi connectivity index (χ0v) is 15.8. The molecule has 1 heterocycles. The van der Waals surface area contributed by atoms with Gasteiger partial charge in [0.1, 0.15) is 5.60 Å². The molecule has 2 amide bonds. The molecule has 1 unspecified atom stereocenters. The highest BCUT2D eigenvalue weighted by Gasteiger charge is 2.28. The summed E-state index contributed by atoms with van der Waals surface area (Å²) in [5.74, 6) is 0.303. The van der Waals surface area contributed by atoms with Crippen LogP contribution in [0.4, 0.5) is 10.5 Å². The zero-order chi connectivity index (χ0) is 18.6. The van der Waals surface area contributed by atoms with Crippen LogP contribution in [0.15, 0.2) is 24.3 Å². The van der Waals surface area contributed by atoms with Gasteiger partial charge >= 0.3 is 6.09 Å². The first kappa shape index (κ1) is 19.1. The van der Waals surface area contributed by atoms with E-state index in [0.29, 0.717) is 25.2 Å². The number of hydrogen-bond donors (Lipinski definition) is 1. The highest BCUT2D eigenvalue weighted by molar-refractivity contribution is 5.95. The highest BCUT2D eigenvalue weighted by atomic mass is 16.6. The Morgan fingerprint density at radius 1 is 1.32 bits per heavy atom. The van der Waals surface area contributed by atoms with Crippen LogP contribution in [0.2, 0.25) is 0 Å². The van der Waals surface area contributed by atoms with E-state index in [1.807, 2.05) is 68.9 Å². The normalized spacial score (nSPS) is 17.3. The lowest BCUT2D eigenvalue weighted by Crippen LogP contribution is -2.36. The van der Waals surface area contributed by atoms with E-state index in [2.05, 4.69) is 5.32 Å². The average molecular weight is 347 g/mol. The van der Waals surface area contributed by atoms with Crippen LogP contribution >= 0.6 is 0 Å². The lowest BCUT2D eigenvalue weighted by Gasteiger charge is -2.21. The Bertz CT molecular complexity index is 623. The second-order valence-electron chi connectivity index (χ2n) is 7.73. The lowest BCUT2D eigenvalue weighted by molar-refractivity contribution is 0.0520. The lowest BCUT2D eigenvalue weighted by atomic mass is 10.1. The van der Waals surface area contributed by atoms with Crippen molar-refractivity contribution in [2.45, 2.75) is 32.8 Å². The molecule has 0 aromatic heterocycles. The second-order valence-corrected chi connectivity index (χ2v) is 7.73. The number of carbonyl (C=O) groups is 2. The maximum absolute atomic E-state index is 12.7. The van der Waals surface area contributed by atoms with E-state index in [1.165, 1.54) is 0 Å². The summed E-state index contributed by atoms with van der Waals surface area (Å²) < 4.78 is 5.24. The molecule has 0 bridgehead atoms. The van der Waals surface area contributed by atoms with Crippen molar-refractivity contribution in [1.29, 1.82) is 0 Å². The van der Waals surface area contributed by atoms with Gasteiger partial charge in [0.2, 0.25) is 0 Å². The van der Waals surface area contributed by atoms with Crippen LogP contribution in [0.25, 0.3) is 0 Å². The highest BCUT2D eigenvalue weighted by Crippen LogP contribution is 2.20. The first-order valence-electron chi connectivity index (χ1n) is 8.69. The van der Waals surface area contributed by atoms with Gasteiger partial charge in [-0.3, -0.25) is 4.79 Å². The molecular weight excluding hydrogens is 318 g/mol. The van der Waals surface area contributed by atoms with E-state index in [-0.39, 0.29) is 11.8 Å². The minimum Gasteiger partial charge on any atom is -0.444 e. The van der Waals surface area contributed by atoms with Gasteiger partial charge in [0.25, 0.3) is 5.91 Å². The predicted octanol–water partition coefficient (Wildman–Crippen LogP) is 2.74. The number of amides is 2. The molecule has 0 saturated carbocycles. The monoisotopic (exact) mass is 347 g/mol. The Balaban J connectivity index is 1.87. The fraction of sp³-hybridized carbons (Fsp3) is 0.579. The standard InChI is InChI=1S/C19H29N3O3/c1-19(2,3)25-18(24)20-12-14-9-10-22(13-14)17(23)15-7-6-8-16(11-15)21(4)5/h6-8,11,14H,9-10,12-13H2,1-5H3,(H,20,24). The van der Waals surface area contributed by atoms with Gasteiger partial charge in [-0.25, -0.2) is 4.79 Å². The molecule has 138 valence electrons. The van der Waals surface area contributed by atoms with E-state index in [4.69, 9.17) is 4.74 Å². The van der Waals surface area contributed by atoms with Crippen molar-refractivity contribution in [3.63, 3.8) is 0 Å². The van der Waals surface area contributed by atoms with Gasteiger partial charge in [0.15, 0.2) is 0 Å². The van der Waals surface area contributed by atoms with Crippen molar-refractivity contribution in [3.05, 3.63) is 29.8 Å². The number of carbonyl (C=O) groups excluding carboxylic acids is 2. The molecule has 1 atom stereocenters. The molecule has 0 spiro atoms. The fourth-order valence-electron chi connectivity index (χ4n) is 2.83. The van der Waals surface area contributed by atoms with Crippen LogP contribution in [0.3, 0.4) is 0 Å². The van der Waals surface area contributed by atoms with Crippen LogP contribution in [0.5, 0.6) is 0 Å². The molecule has 1 N–H and O–H groups in total. The van der Waals surface area contributed by atoms with E-state index in [0.717, 1.165) is 12.1 Å². The SMILES string of the molecule is CN(C)c1cccc(C(=O)N2CCC(CNC(=O)OC(C)(C)C)C2)c1. The van der Waals surface area contributed by atoms with Crippen molar-refractivity contribution < 1.29 is 14.3 Å². The summed E-state index contributed by atoms with van der Waals surface area (Å²) in [7, 11) is 3.91. The molecule has 1 saturated heterocycles. The number of hydrogen-bond acceptors (Lipinski definition) is 4. The minimum atomic E-state index is -0.501. The van der Waals surface area contributed by atoms with E-state index in [1.54, 1.807) is 0 Å². The molecule has 1 aliphatic heterocycles. The molecule has 2 rings (SSSR count). The van der Waals surface area contributed by atoms with E-state index < -0.39 is 11.7 Å². The third-order valence-corrected chi connectivity index (χ3v) is 4.12. The van der Waals surface area contributed by atoms with Crippen LogP contribution < -0.4 is 10.2 Å². The average Bonchev–Trinajstić information content (AvgIpc) is 2.99. The van der Waals surface area contributed by atoms with Crippen molar-refractivity contribution in [1.82, 2.24) is 10.2 Å². The van der Waals surface area contributed by atoms with Gasteiger partial charge in [-0.1, -0.05) is 6.07 Å². The Morgan fingerprint density at radius 3 is 2.68 bits per heavy atom. The van der Waals surface area contributed by atoms with Crippen LogP contribution in [0.1, 0.15) is 37.6 Å². The zero-order valence-electron chi connectivity index (χ0n) is 15.8. The maximum atomic E-state index is 12.7. The number of nitrogens with zero attached hydrogens (tertiary/aromatic N) is 2. The fourth-order valence-corrected chi connectivity index (χ4v) is 2.83. The third kappa shape index (κ3) is 5.66. The largest absolute Gasteiger partial charge is 0.444 e. The molecule has 1 aromatic carbocycles. The minimum absolute atomic E-state index is 0.0449. The molecule has 1 aliphatic rings. The third-order valence-electron chi connectivity index (χ3n) is 4.12. The van der Waals surface area contributed by atoms with Crippen LogP contribution in [-0.2, 0) is 4.74 Å². The number of rotatable bonds is 4. The molecule has 6 nitrogen and oxygen atoms in total. The number of anilines is 1. The molecule has 1 fully saturated rings. The molecule has 6 heteroatoms. The van der Waals surface area contributed by atoms with Gasteiger partial charge < -0.3 is 19.9 Å². The Hall–Kier alpha value is -2.24. The molecule has 0 aliphatic carbocycles. The molecule has 1 aromatic rings. The van der Waals surface area contributed by atoms with Gasteiger partial charge in [-0.05, 0) is 51.3 Å². The summed E-state index contributed by atoms with van der Waals surface area (Å²) in [5, 5.41) is 2.80. The number of nitrogens with one attached hydrogen (secondary N) is 1. The van der Waals surface area contributed by atoms with E-state index in [9.17, 15) is 9.59 Å². The Morgan fingerprint density at radius 2 is 2.04 bits per heavy atom. The number of benzene rings is 1. The first-order chi connectivity index (χ1) is 11.7. The van der Waals surface area contributed by atoms with Crippen molar-refractivity contribution in [3.8, 4) is 0 Å². The van der Waals surface area contributed by atoms with Crippen molar-refractivity contribution >= 4 is 17.7 Å². The summed E-state index contributed by atoms with van der Waals surface area (Å²) in [5.41, 5.74) is 1.21. The number of alkyl carbamates (subject to hydrolysis) is 1. The van der Waals surface area contributed by atoms with Crippen LogP contribution in [0, 0.1) is 5.92 Å².